The number of anilines is 1. The first kappa shape index (κ1) is 69.0. The highest BCUT2D eigenvalue weighted by molar-refractivity contribution is 7.99. The number of carbonyl (C=O) groups excluding carboxylic acids is 8. The van der Waals surface area contributed by atoms with Crippen LogP contribution in [0, 0.1) is 11.3 Å². The molecular formula is C61H77N9O17S. The largest absolute Gasteiger partial charge is 0.507 e. The lowest BCUT2D eigenvalue weighted by Gasteiger charge is -2.43. The van der Waals surface area contributed by atoms with E-state index in [1.165, 1.54) is 49.3 Å². The number of thioether (sulfide) groups is 1. The van der Waals surface area contributed by atoms with Gasteiger partial charge in [-0.25, -0.2) is 4.98 Å². The predicted octanol–water partition coefficient (Wildman–Crippen LogP) is 1.90. The molecule has 6 amide bonds. The van der Waals surface area contributed by atoms with Gasteiger partial charge < -0.3 is 76.4 Å². The number of aromatic hydroxyl groups is 2. The third kappa shape index (κ3) is 17.6. The first-order chi connectivity index (χ1) is 42.2. The molecule has 2 aliphatic carbocycles. The van der Waals surface area contributed by atoms with Crippen molar-refractivity contribution in [1.29, 1.82) is 5.26 Å². The zero-order valence-electron chi connectivity index (χ0n) is 50.0. The summed E-state index contributed by atoms with van der Waals surface area (Å²) in [5.74, 6) is -6.19. The van der Waals surface area contributed by atoms with Crippen LogP contribution in [0.4, 0.5) is 5.69 Å². The van der Waals surface area contributed by atoms with E-state index in [1.807, 2.05) is 6.92 Å². The van der Waals surface area contributed by atoms with Gasteiger partial charge in [0.1, 0.15) is 33.9 Å². The second-order valence-corrected chi connectivity index (χ2v) is 22.6. The summed E-state index contributed by atoms with van der Waals surface area (Å²) in [7, 11) is 3.99. The van der Waals surface area contributed by atoms with E-state index >= 15 is 0 Å². The summed E-state index contributed by atoms with van der Waals surface area (Å²) >= 11 is 1.48. The number of pyridine rings is 1. The maximum Gasteiger partial charge on any atom is 0.252 e. The number of aromatic nitrogens is 1. The molecule has 8 rings (SSSR count). The molecular weight excluding hydrogens is 1160 g/mol. The van der Waals surface area contributed by atoms with E-state index in [4.69, 9.17) is 24.1 Å². The molecule has 2 aliphatic heterocycles. The Labute approximate surface area is 513 Å². The number of benzene rings is 3. The van der Waals surface area contributed by atoms with Crippen LogP contribution in [0.25, 0.3) is 0 Å². The summed E-state index contributed by atoms with van der Waals surface area (Å²) in [6.07, 6.45) is 3.81. The van der Waals surface area contributed by atoms with Crippen LogP contribution >= 0.6 is 11.8 Å². The fourth-order valence-corrected chi connectivity index (χ4v) is 11.4. The maximum atomic E-state index is 13.6. The van der Waals surface area contributed by atoms with Crippen molar-refractivity contribution in [1.82, 2.24) is 36.5 Å². The highest BCUT2D eigenvalue weighted by Crippen LogP contribution is 2.48. The van der Waals surface area contributed by atoms with Crippen molar-refractivity contribution in [3.05, 3.63) is 105 Å². The summed E-state index contributed by atoms with van der Waals surface area (Å²) in [4.78, 5) is 109. The normalized spacial score (nSPS) is 19.6. The molecule has 0 radical (unpaired) electrons. The SMILES string of the molecule is CCCCC(C)Sc1ncc(C(=O)NCCC(=O)NCC(=O)NCC(=O)NCC(=O)Nc2ccc(CNC(=O)C3(O)CCc4c(O)c5c(c(O)c4C3)C(=O)c3cccc(OC)c3C5=O)cc2)cc1C#N.CO.COC1CN(C2CCOC(C)C2O)CCO1. The molecule has 6 unspecified atom stereocenters. The molecule has 4 aliphatic rings. The van der Waals surface area contributed by atoms with Crippen LogP contribution in [-0.4, -0.2) is 192 Å². The van der Waals surface area contributed by atoms with Crippen LogP contribution in [0.2, 0.25) is 0 Å². The molecule has 11 N–H and O–H groups in total. The number of hydrogen-bond acceptors (Lipinski definition) is 21. The van der Waals surface area contributed by atoms with Gasteiger partial charge in [-0.15, -0.1) is 11.8 Å². The number of methoxy groups -OCH3 is 2. The van der Waals surface area contributed by atoms with E-state index in [-0.39, 0.29) is 101 Å². The summed E-state index contributed by atoms with van der Waals surface area (Å²) in [5, 5.41) is 76.4. The van der Waals surface area contributed by atoms with Crippen LogP contribution < -0.4 is 36.6 Å². The topological polar surface area (TPSA) is 387 Å². The Morgan fingerprint density at radius 2 is 1.55 bits per heavy atom. The van der Waals surface area contributed by atoms with E-state index in [2.05, 4.69) is 61.7 Å². The third-order valence-electron chi connectivity index (χ3n) is 15.2. The molecule has 88 heavy (non-hydrogen) atoms. The van der Waals surface area contributed by atoms with E-state index in [0.717, 1.165) is 52.5 Å². The molecule has 474 valence electrons. The summed E-state index contributed by atoms with van der Waals surface area (Å²) in [6, 6.07) is 14.4. The number of fused-ring (bicyclic) bond motifs is 3. The zero-order chi connectivity index (χ0) is 64.2. The molecule has 0 bridgehead atoms. The standard InChI is InChI=1S/C49H52N8O12S.C11H21NO4.CH4O/c1-4-5-7-26(2)70-47-28(20-50)18-29(22-55-47)46(66)51-17-15-35(58)52-23-36(59)53-24-37(60)54-25-38(61)57-30-12-10-27(11-13-30)21-56-48(67)49(68)16-14-31-33(19-49)44(64)40-41(42(31)62)45(65)39-32(43(40)63)8-6-9-34(39)69-3;1-8-11(13)9(3-5-15-8)12-4-6-16-10(7-12)14-2;1-2/h6,8-13,18,22,26,62,64,68H,4-5,7,14-17,19,21,23-25H2,1-3H3,(H,51,66)(H,52,58)(H,53,59)(H,54,60)(H,56,67)(H,57,61);8-11,13H,3-7H2,1-2H3;2H,1H3. The number of aliphatic hydroxyl groups excluding tert-OH is 2. The van der Waals surface area contributed by atoms with E-state index in [0.29, 0.717) is 22.9 Å². The Morgan fingerprint density at radius 1 is 0.875 bits per heavy atom. The smallest absolute Gasteiger partial charge is 0.252 e. The van der Waals surface area contributed by atoms with Gasteiger partial charge in [0.15, 0.2) is 12.1 Å². The minimum atomic E-state index is -2.04. The minimum Gasteiger partial charge on any atom is -0.507 e. The van der Waals surface area contributed by atoms with Gasteiger partial charge >= 0.3 is 0 Å². The first-order valence-electron chi connectivity index (χ1n) is 28.7. The molecule has 1 aromatic heterocycles. The highest BCUT2D eigenvalue weighted by Gasteiger charge is 2.46. The summed E-state index contributed by atoms with van der Waals surface area (Å²) in [5.41, 5.74) is -1.38. The number of phenols is 2. The average Bonchev–Trinajstić information content (AvgIpc) is 0.931. The molecule has 3 heterocycles. The number of nitriles is 1. The number of nitrogens with zero attached hydrogens (tertiary/aromatic N) is 3. The molecule has 2 saturated heterocycles. The fourth-order valence-electron chi connectivity index (χ4n) is 10.3. The number of ether oxygens (including phenoxy) is 4. The second kappa shape index (κ2) is 32.8. The Bertz CT molecular complexity index is 3230. The molecule has 0 spiro atoms. The Kier molecular flexibility index (Phi) is 25.7. The van der Waals surface area contributed by atoms with Crippen molar-refractivity contribution in [3.8, 4) is 23.3 Å². The van der Waals surface area contributed by atoms with Gasteiger partial charge in [-0.3, -0.25) is 43.3 Å². The van der Waals surface area contributed by atoms with Gasteiger partial charge in [0.2, 0.25) is 29.4 Å². The van der Waals surface area contributed by atoms with Crippen molar-refractivity contribution in [3.63, 3.8) is 0 Å². The number of unbranched alkanes of at least 4 members (excludes halogenated alkanes) is 1. The van der Waals surface area contributed by atoms with Gasteiger partial charge in [-0.05, 0) is 62.4 Å². The number of ketones is 2. The van der Waals surface area contributed by atoms with Crippen LogP contribution in [0.15, 0.2) is 59.8 Å². The monoisotopic (exact) mass is 1240 g/mol. The lowest BCUT2D eigenvalue weighted by Crippen LogP contribution is -2.57. The van der Waals surface area contributed by atoms with Gasteiger partial charge in [0, 0.05) is 99.7 Å². The quantitative estimate of drug-likeness (QED) is 0.0348. The Morgan fingerprint density at radius 3 is 2.22 bits per heavy atom. The molecule has 3 aromatic carbocycles. The van der Waals surface area contributed by atoms with Gasteiger partial charge in [-0.2, -0.15) is 5.26 Å². The molecule has 26 nitrogen and oxygen atoms in total. The summed E-state index contributed by atoms with van der Waals surface area (Å²) < 4.78 is 21.3. The molecule has 2 fully saturated rings. The predicted molar refractivity (Wildman–Crippen MR) is 320 cm³/mol. The van der Waals surface area contributed by atoms with E-state index in [1.54, 1.807) is 31.4 Å². The summed E-state index contributed by atoms with van der Waals surface area (Å²) in [6.45, 7) is 7.59. The minimum absolute atomic E-state index is 0.0248. The molecule has 27 heteroatoms. The van der Waals surface area contributed by atoms with Gasteiger partial charge in [-0.1, -0.05) is 51.0 Å². The fraction of sp³-hybridized carbons (Fsp3) is 0.475. The zero-order valence-corrected chi connectivity index (χ0v) is 50.8. The number of amides is 6. The number of aliphatic hydroxyl groups is 3. The number of rotatable bonds is 22. The molecule has 0 saturated carbocycles. The van der Waals surface area contributed by atoms with Crippen LogP contribution in [0.5, 0.6) is 17.2 Å². The lowest BCUT2D eigenvalue weighted by atomic mass is 9.74. The van der Waals surface area contributed by atoms with Crippen LogP contribution in [0.3, 0.4) is 0 Å². The van der Waals surface area contributed by atoms with Gasteiger partial charge in [0.25, 0.3) is 11.8 Å². The highest BCUT2D eigenvalue weighted by atomic mass is 32.2. The second-order valence-electron chi connectivity index (χ2n) is 21.1. The number of carbonyl (C=O) groups is 8. The third-order valence-corrected chi connectivity index (χ3v) is 16.3. The van der Waals surface area contributed by atoms with Crippen molar-refractivity contribution in [2.45, 2.75) is 119 Å². The van der Waals surface area contributed by atoms with Crippen LogP contribution in [0.1, 0.15) is 124 Å². The van der Waals surface area contributed by atoms with E-state index < -0.39 is 102 Å². The molecule has 4 aromatic rings. The van der Waals surface area contributed by atoms with Crippen molar-refractivity contribution < 1.29 is 82.8 Å². The Hall–Kier alpha value is -8.07. The van der Waals surface area contributed by atoms with Crippen molar-refractivity contribution in [2.24, 2.45) is 0 Å². The number of morpholine rings is 1. The first-order valence-corrected chi connectivity index (χ1v) is 29.6. The van der Waals surface area contributed by atoms with Crippen LogP contribution in [-0.2, 0) is 57.6 Å². The maximum absolute atomic E-state index is 13.6. The lowest BCUT2D eigenvalue weighted by molar-refractivity contribution is -0.190. The number of nitrogens with one attached hydrogen (secondary N) is 6. The van der Waals surface area contributed by atoms with Crippen molar-refractivity contribution in [2.75, 3.05) is 79.1 Å². The number of hydrogen-bond donors (Lipinski definition) is 11. The van der Waals surface area contributed by atoms with E-state index in [9.17, 15) is 64.0 Å². The Balaban J connectivity index is 0.000000586. The van der Waals surface area contributed by atoms with Crippen molar-refractivity contribution >= 4 is 64.5 Å². The molecule has 6 atom stereocenters. The van der Waals surface area contributed by atoms with Gasteiger partial charge in [0.05, 0.1) is 73.4 Å². The average molecular weight is 1240 g/mol. The number of phenolic OH excluding ortho intramolecular Hbond substituents is 2.